The zero-order valence-corrected chi connectivity index (χ0v) is 17.5. The molecule has 0 aliphatic carbocycles. The molecule has 0 radical (unpaired) electrons. The summed E-state index contributed by atoms with van der Waals surface area (Å²) in [7, 11) is 2.88. The third kappa shape index (κ3) is 4.38. The number of esters is 2. The Bertz CT molecular complexity index is 1070. The number of ether oxygens (including phenoxy) is 4. The Morgan fingerprint density at radius 1 is 0.767 bits per heavy atom. The standard InChI is InChI=1S/C24H24O6/c1-5-20(26)30-22-19-14-17(13-16-9-7-6-8-10-16)11-12-18(19)21(29-15(2)25)23(27-3)24(22)28-4/h6-12,14H,5,13H2,1-4H3. The van der Waals surface area contributed by atoms with Crippen LogP contribution in [0.2, 0.25) is 0 Å². The van der Waals surface area contributed by atoms with Crippen molar-refractivity contribution in [2.24, 2.45) is 0 Å². The van der Waals surface area contributed by atoms with Crippen molar-refractivity contribution in [3.8, 4) is 23.0 Å². The van der Waals surface area contributed by atoms with Gasteiger partial charge < -0.3 is 18.9 Å². The van der Waals surface area contributed by atoms with Crippen LogP contribution in [-0.2, 0) is 16.0 Å². The van der Waals surface area contributed by atoms with Crippen LogP contribution in [0.4, 0.5) is 0 Å². The van der Waals surface area contributed by atoms with Gasteiger partial charge in [0, 0.05) is 24.1 Å². The molecule has 3 rings (SSSR count). The average molecular weight is 408 g/mol. The summed E-state index contributed by atoms with van der Waals surface area (Å²) in [6.07, 6.45) is 0.886. The van der Waals surface area contributed by atoms with Crippen LogP contribution >= 0.6 is 0 Å². The van der Waals surface area contributed by atoms with Gasteiger partial charge >= 0.3 is 11.9 Å². The smallest absolute Gasteiger partial charge is 0.311 e. The van der Waals surface area contributed by atoms with Gasteiger partial charge in [0.25, 0.3) is 0 Å². The summed E-state index contributed by atoms with van der Waals surface area (Å²) in [6, 6.07) is 15.7. The lowest BCUT2D eigenvalue weighted by Crippen LogP contribution is -2.10. The van der Waals surface area contributed by atoms with Gasteiger partial charge in [-0.05, 0) is 23.6 Å². The van der Waals surface area contributed by atoms with E-state index in [-0.39, 0.29) is 29.4 Å². The summed E-state index contributed by atoms with van der Waals surface area (Å²) in [4.78, 5) is 23.9. The largest absolute Gasteiger partial charge is 0.490 e. The molecule has 156 valence electrons. The van der Waals surface area contributed by atoms with E-state index in [1.807, 2.05) is 48.5 Å². The van der Waals surface area contributed by atoms with Crippen LogP contribution in [0.1, 0.15) is 31.4 Å². The lowest BCUT2D eigenvalue weighted by molar-refractivity contribution is -0.134. The molecule has 0 heterocycles. The number of benzene rings is 3. The highest BCUT2D eigenvalue weighted by Gasteiger charge is 2.26. The average Bonchev–Trinajstić information content (AvgIpc) is 2.75. The Morgan fingerprint density at radius 3 is 1.97 bits per heavy atom. The molecule has 0 spiro atoms. The minimum atomic E-state index is -0.497. The van der Waals surface area contributed by atoms with Crippen molar-refractivity contribution in [3.63, 3.8) is 0 Å². The molecule has 30 heavy (non-hydrogen) atoms. The van der Waals surface area contributed by atoms with Crippen LogP contribution in [0.25, 0.3) is 10.8 Å². The summed E-state index contributed by atoms with van der Waals surface area (Å²) in [5.74, 6) is -0.0649. The first kappa shape index (κ1) is 21.2. The van der Waals surface area contributed by atoms with E-state index in [2.05, 4.69) is 0 Å². The van der Waals surface area contributed by atoms with Gasteiger partial charge in [-0.15, -0.1) is 0 Å². The summed E-state index contributed by atoms with van der Waals surface area (Å²) < 4.78 is 22.0. The Balaban J connectivity index is 2.27. The van der Waals surface area contributed by atoms with E-state index >= 15 is 0 Å². The van der Waals surface area contributed by atoms with Crippen LogP contribution in [0.3, 0.4) is 0 Å². The minimum Gasteiger partial charge on any atom is -0.490 e. The molecule has 0 saturated carbocycles. The molecule has 0 atom stereocenters. The molecule has 0 fully saturated rings. The van der Waals surface area contributed by atoms with Gasteiger partial charge in [0.2, 0.25) is 11.5 Å². The van der Waals surface area contributed by atoms with Crippen LogP contribution in [0.15, 0.2) is 48.5 Å². The van der Waals surface area contributed by atoms with E-state index in [1.165, 1.54) is 21.1 Å². The van der Waals surface area contributed by atoms with Crippen molar-refractivity contribution < 1.29 is 28.5 Å². The molecule has 0 saturated heterocycles. The molecule has 3 aromatic carbocycles. The first-order valence-electron chi connectivity index (χ1n) is 9.62. The van der Waals surface area contributed by atoms with Crippen LogP contribution < -0.4 is 18.9 Å². The van der Waals surface area contributed by atoms with Crippen molar-refractivity contribution in [1.82, 2.24) is 0 Å². The van der Waals surface area contributed by atoms with Gasteiger partial charge in [-0.2, -0.15) is 0 Å². The number of hydrogen-bond donors (Lipinski definition) is 0. The second-order valence-corrected chi connectivity index (χ2v) is 6.69. The van der Waals surface area contributed by atoms with E-state index < -0.39 is 11.9 Å². The van der Waals surface area contributed by atoms with E-state index in [1.54, 1.807) is 6.92 Å². The maximum Gasteiger partial charge on any atom is 0.311 e. The molecule has 0 aliphatic rings. The Kier molecular flexibility index (Phi) is 6.57. The molecule has 6 heteroatoms. The van der Waals surface area contributed by atoms with E-state index in [9.17, 15) is 9.59 Å². The van der Waals surface area contributed by atoms with E-state index in [4.69, 9.17) is 18.9 Å². The van der Waals surface area contributed by atoms with Crippen LogP contribution in [0, 0.1) is 0 Å². The van der Waals surface area contributed by atoms with Gasteiger partial charge in [0.15, 0.2) is 11.5 Å². The number of rotatable bonds is 7. The van der Waals surface area contributed by atoms with Crippen molar-refractivity contribution in [2.45, 2.75) is 26.7 Å². The lowest BCUT2D eigenvalue weighted by Gasteiger charge is -2.19. The van der Waals surface area contributed by atoms with Gasteiger partial charge in [0.05, 0.1) is 14.2 Å². The van der Waals surface area contributed by atoms with Crippen molar-refractivity contribution in [1.29, 1.82) is 0 Å². The number of fused-ring (bicyclic) bond motifs is 1. The SMILES string of the molecule is CCC(=O)Oc1c(OC)c(OC)c(OC(C)=O)c2ccc(Cc3ccccc3)cc12. The second kappa shape index (κ2) is 9.31. The highest BCUT2D eigenvalue weighted by Crippen LogP contribution is 2.51. The molecule has 0 unspecified atom stereocenters. The van der Waals surface area contributed by atoms with E-state index in [0.29, 0.717) is 17.2 Å². The Labute approximate surface area is 175 Å². The topological polar surface area (TPSA) is 71.1 Å². The number of hydrogen-bond acceptors (Lipinski definition) is 6. The zero-order valence-electron chi connectivity index (χ0n) is 17.5. The first-order valence-corrected chi connectivity index (χ1v) is 9.62. The normalized spacial score (nSPS) is 10.5. The Morgan fingerprint density at radius 2 is 1.40 bits per heavy atom. The summed E-state index contributed by atoms with van der Waals surface area (Å²) >= 11 is 0. The monoisotopic (exact) mass is 408 g/mol. The van der Waals surface area contributed by atoms with Crippen molar-refractivity contribution in [2.75, 3.05) is 14.2 Å². The molecule has 0 N–H and O–H groups in total. The number of methoxy groups -OCH3 is 2. The fourth-order valence-corrected chi connectivity index (χ4v) is 3.27. The predicted octanol–water partition coefficient (Wildman–Crippen LogP) is 4.69. The van der Waals surface area contributed by atoms with E-state index in [0.717, 1.165) is 11.1 Å². The van der Waals surface area contributed by atoms with Gasteiger partial charge in [-0.1, -0.05) is 49.4 Å². The molecular weight excluding hydrogens is 384 g/mol. The summed E-state index contributed by atoms with van der Waals surface area (Å²) in [6.45, 7) is 3.02. The predicted molar refractivity (Wildman–Crippen MR) is 114 cm³/mol. The Hall–Kier alpha value is -3.54. The van der Waals surface area contributed by atoms with Gasteiger partial charge in [0.1, 0.15) is 0 Å². The molecule has 3 aromatic rings. The third-order valence-electron chi connectivity index (χ3n) is 4.60. The first-order chi connectivity index (χ1) is 14.5. The zero-order chi connectivity index (χ0) is 21.7. The van der Waals surface area contributed by atoms with Crippen LogP contribution in [0.5, 0.6) is 23.0 Å². The molecule has 6 nitrogen and oxygen atoms in total. The molecule has 0 aromatic heterocycles. The summed E-state index contributed by atoms with van der Waals surface area (Å²) in [5, 5.41) is 1.18. The maximum atomic E-state index is 12.1. The number of carbonyl (C=O) groups excluding carboxylic acids is 2. The maximum absolute atomic E-state index is 12.1. The van der Waals surface area contributed by atoms with Crippen LogP contribution in [-0.4, -0.2) is 26.2 Å². The van der Waals surface area contributed by atoms with Gasteiger partial charge in [-0.3, -0.25) is 9.59 Å². The number of carbonyl (C=O) groups is 2. The molecule has 0 bridgehead atoms. The highest BCUT2D eigenvalue weighted by atomic mass is 16.6. The van der Waals surface area contributed by atoms with Crippen molar-refractivity contribution >= 4 is 22.7 Å². The fourth-order valence-electron chi connectivity index (χ4n) is 3.27. The highest BCUT2D eigenvalue weighted by molar-refractivity contribution is 6.01. The van der Waals surface area contributed by atoms with Gasteiger partial charge in [-0.25, -0.2) is 0 Å². The second-order valence-electron chi connectivity index (χ2n) is 6.69. The summed E-state index contributed by atoms with van der Waals surface area (Å²) in [5.41, 5.74) is 2.15. The quantitative estimate of drug-likeness (QED) is 0.417. The third-order valence-corrected chi connectivity index (χ3v) is 4.60. The minimum absolute atomic E-state index is 0.190. The molecular formula is C24H24O6. The lowest BCUT2D eigenvalue weighted by atomic mass is 9.99. The molecule has 0 aliphatic heterocycles. The fraction of sp³-hybridized carbons (Fsp3) is 0.250. The molecule has 0 amide bonds. The van der Waals surface area contributed by atoms with Crippen molar-refractivity contribution in [3.05, 3.63) is 59.7 Å².